The van der Waals surface area contributed by atoms with Gasteiger partial charge in [-0.3, -0.25) is 0 Å². The first-order valence-corrected chi connectivity index (χ1v) is 19.5. The van der Waals surface area contributed by atoms with Crippen molar-refractivity contribution in [1.29, 1.82) is 0 Å². The van der Waals surface area contributed by atoms with Gasteiger partial charge in [0.25, 0.3) is 0 Å². The number of hydrogen-bond donors (Lipinski definition) is 0. The number of aromatic nitrogens is 2. The standard InChI is InChI=1S/C54H34N2O/c1-2-13-35(14-3-1)36-25-27-37(28-26-36)38-15-12-16-39(31-38)40-29-30-53-46(32-40)47-33-41(55-48-21-8-4-17-42(48)43-18-5-9-22-49(43)55)34-52(54(47)57-53)56-50-23-10-6-19-44(50)45-20-7-11-24-51(45)56/h1-34H. The molecule has 0 N–H and O–H groups in total. The molecule has 12 rings (SSSR count). The zero-order valence-corrected chi connectivity index (χ0v) is 30.9. The van der Waals surface area contributed by atoms with Gasteiger partial charge in [-0.2, -0.15) is 0 Å². The van der Waals surface area contributed by atoms with Crippen LogP contribution in [-0.2, 0) is 0 Å². The molecule has 3 heterocycles. The van der Waals surface area contributed by atoms with Crippen molar-refractivity contribution in [1.82, 2.24) is 9.13 Å². The molecule has 0 aliphatic rings. The number of furan rings is 1. The Hall–Kier alpha value is -7.62. The van der Waals surface area contributed by atoms with E-state index in [1.165, 1.54) is 54.8 Å². The number of rotatable bonds is 5. The predicted octanol–water partition coefficient (Wildman–Crippen LogP) is 14.8. The van der Waals surface area contributed by atoms with Crippen molar-refractivity contribution in [2.45, 2.75) is 0 Å². The average Bonchev–Trinajstić information content (AvgIpc) is 3.94. The molecule has 0 amide bonds. The van der Waals surface area contributed by atoms with Crippen molar-refractivity contribution < 1.29 is 4.42 Å². The van der Waals surface area contributed by atoms with E-state index in [0.717, 1.165) is 55.5 Å². The lowest BCUT2D eigenvalue weighted by molar-refractivity contribution is 0.666. The Morgan fingerprint density at radius 1 is 0.281 bits per heavy atom. The Morgan fingerprint density at radius 3 is 1.32 bits per heavy atom. The molecule has 0 bridgehead atoms. The first kappa shape index (κ1) is 31.7. The molecule has 266 valence electrons. The minimum Gasteiger partial charge on any atom is -0.454 e. The average molecular weight is 727 g/mol. The maximum absolute atomic E-state index is 6.95. The molecule has 0 fully saturated rings. The Bertz CT molecular complexity index is 3400. The van der Waals surface area contributed by atoms with E-state index in [2.05, 4.69) is 215 Å². The van der Waals surface area contributed by atoms with E-state index >= 15 is 0 Å². The van der Waals surface area contributed by atoms with Crippen LogP contribution in [0.1, 0.15) is 0 Å². The maximum Gasteiger partial charge on any atom is 0.159 e. The number of benzene rings is 9. The third-order valence-electron chi connectivity index (χ3n) is 11.7. The minimum atomic E-state index is 0.864. The molecule has 0 spiro atoms. The van der Waals surface area contributed by atoms with Crippen LogP contribution >= 0.6 is 0 Å². The van der Waals surface area contributed by atoms with Gasteiger partial charge < -0.3 is 13.6 Å². The summed E-state index contributed by atoms with van der Waals surface area (Å²) >= 11 is 0. The third kappa shape index (κ3) is 4.92. The van der Waals surface area contributed by atoms with Crippen molar-refractivity contribution in [3.05, 3.63) is 206 Å². The summed E-state index contributed by atoms with van der Waals surface area (Å²) in [5, 5.41) is 7.08. The Balaban J connectivity index is 1.09. The second-order valence-electron chi connectivity index (χ2n) is 14.9. The molecule has 0 saturated heterocycles. The van der Waals surface area contributed by atoms with E-state index in [1.54, 1.807) is 0 Å². The van der Waals surface area contributed by atoms with Gasteiger partial charge in [-0.05, 0) is 88.0 Å². The minimum absolute atomic E-state index is 0.864. The van der Waals surface area contributed by atoms with Crippen LogP contribution < -0.4 is 0 Å². The molecular formula is C54H34N2O. The van der Waals surface area contributed by atoms with Crippen molar-refractivity contribution in [2.75, 3.05) is 0 Å². The number of nitrogens with zero attached hydrogens (tertiary/aromatic N) is 2. The van der Waals surface area contributed by atoms with Gasteiger partial charge in [-0.15, -0.1) is 0 Å². The fourth-order valence-corrected chi connectivity index (χ4v) is 9.07. The molecule has 0 unspecified atom stereocenters. The highest BCUT2D eigenvalue weighted by atomic mass is 16.3. The van der Waals surface area contributed by atoms with E-state index in [0.29, 0.717) is 0 Å². The first-order chi connectivity index (χ1) is 28.3. The van der Waals surface area contributed by atoms with E-state index in [1.807, 2.05) is 0 Å². The van der Waals surface area contributed by atoms with E-state index in [-0.39, 0.29) is 0 Å². The highest BCUT2D eigenvalue weighted by Crippen LogP contribution is 2.42. The highest BCUT2D eigenvalue weighted by Gasteiger charge is 2.21. The normalized spacial score (nSPS) is 11.9. The molecule has 3 nitrogen and oxygen atoms in total. The van der Waals surface area contributed by atoms with Gasteiger partial charge in [0, 0.05) is 38.0 Å². The van der Waals surface area contributed by atoms with Crippen LogP contribution in [0.4, 0.5) is 0 Å². The smallest absolute Gasteiger partial charge is 0.159 e. The summed E-state index contributed by atoms with van der Waals surface area (Å²) < 4.78 is 11.8. The van der Waals surface area contributed by atoms with Gasteiger partial charge in [-0.25, -0.2) is 0 Å². The van der Waals surface area contributed by atoms with Gasteiger partial charge in [0.1, 0.15) is 5.58 Å². The quantitative estimate of drug-likeness (QED) is 0.173. The van der Waals surface area contributed by atoms with Gasteiger partial charge in [0.15, 0.2) is 5.58 Å². The van der Waals surface area contributed by atoms with Gasteiger partial charge in [0.05, 0.1) is 27.8 Å². The van der Waals surface area contributed by atoms with Crippen LogP contribution in [0.5, 0.6) is 0 Å². The van der Waals surface area contributed by atoms with Crippen LogP contribution in [0.25, 0.3) is 110 Å². The van der Waals surface area contributed by atoms with Crippen LogP contribution in [-0.4, -0.2) is 9.13 Å². The van der Waals surface area contributed by atoms with E-state index in [9.17, 15) is 0 Å². The van der Waals surface area contributed by atoms with Crippen LogP contribution in [0.2, 0.25) is 0 Å². The fourth-order valence-electron chi connectivity index (χ4n) is 9.07. The van der Waals surface area contributed by atoms with E-state index in [4.69, 9.17) is 4.42 Å². The van der Waals surface area contributed by atoms with Crippen molar-refractivity contribution in [3.63, 3.8) is 0 Å². The predicted molar refractivity (Wildman–Crippen MR) is 239 cm³/mol. The molecule has 0 radical (unpaired) electrons. The summed E-state index contributed by atoms with van der Waals surface area (Å²) in [7, 11) is 0. The third-order valence-corrected chi connectivity index (χ3v) is 11.7. The molecular weight excluding hydrogens is 693 g/mol. The lowest BCUT2D eigenvalue weighted by Gasteiger charge is -2.14. The number of fused-ring (bicyclic) bond motifs is 9. The zero-order valence-electron chi connectivity index (χ0n) is 30.9. The summed E-state index contributed by atoms with van der Waals surface area (Å²) in [5.74, 6) is 0. The summed E-state index contributed by atoms with van der Waals surface area (Å²) in [5.41, 5.74) is 15.6. The monoisotopic (exact) mass is 726 g/mol. The van der Waals surface area contributed by atoms with Gasteiger partial charge in [0.2, 0.25) is 0 Å². The van der Waals surface area contributed by atoms with Crippen molar-refractivity contribution >= 4 is 65.6 Å². The summed E-state index contributed by atoms with van der Waals surface area (Å²) in [4.78, 5) is 0. The lowest BCUT2D eigenvalue weighted by atomic mass is 9.96. The highest BCUT2D eigenvalue weighted by molar-refractivity contribution is 6.15. The van der Waals surface area contributed by atoms with Crippen molar-refractivity contribution in [2.24, 2.45) is 0 Å². The molecule has 9 aromatic carbocycles. The molecule has 0 aliphatic carbocycles. The van der Waals surface area contributed by atoms with Gasteiger partial charge in [-0.1, -0.05) is 152 Å². The fraction of sp³-hybridized carbons (Fsp3) is 0. The van der Waals surface area contributed by atoms with E-state index < -0.39 is 0 Å². The molecule has 0 atom stereocenters. The SMILES string of the molecule is c1ccc(-c2ccc(-c3cccc(-c4ccc5oc6c(-n7c8ccccc8c8ccccc87)cc(-n7c8ccccc8c8ccccc87)cc6c5c4)c3)cc2)cc1. The maximum atomic E-state index is 6.95. The molecule has 0 saturated carbocycles. The molecule has 3 heteroatoms. The zero-order chi connectivity index (χ0) is 37.5. The Labute approximate surface area is 328 Å². The second kappa shape index (κ2) is 12.5. The number of para-hydroxylation sites is 4. The van der Waals surface area contributed by atoms with Gasteiger partial charge >= 0.3 is 0 Å². The van der Waals surface area contributed by atoms with Crippen molar-refractivity contribution in [3.8, 4) is 44.8 Å². The molecule has 57 heavy (non-hydrogen) atoms. The summed E-state index contributed by atoms with van der Waals surface area (Å²) in [6.07, 6.45) is 0. The molecule has 0 aliphatic heterocycles. The topological polar surface area (TPSA) is 23.0 Å². The van der Waals surface area contributed by atoms with Crippen LogP contribution in [0, 0.1) is 0 Å². The molecule has 12 aromatic rings. The van der Waals surface area contributed by atoms with Crippen LogP contribution in [0.15, 0.2) is 211 Å². The lowest BCUT2D eigenvalue weighted by Crippen LogP contribution is -1.99. The summed E-state index contributed by atoms with van der Waals surface area (Å²) in [6.45, 7) is 0. The largest absolute Gasteiger partial charge is 0.454 e. The van der Waals surface area contributed by atoms with Crippen LogP contribution in [0.3, 0.4) is 0 Å². The Kier molecular flexibility index (Phi) is 6.93. The Morgan fingerprint density at radius 2 is 0.719 bits per heavy atom. The molecule has 3 aromatic heterocycles. The number of hydrogen-bond acceptors (Lipinski definition) is 1. The second-order valence-corrected chi connectivity index (χ2v) is 14.9. The summed E-state index contributed by atoms with van der Waals surface area (Å²) in [6, 6.07) is 74.4. The first-order valence-electron chi connectivity index (χ1n) is 19.5.